The lowest BCUT2D eigenvalue weighted by Gasteiger charge is -2.05. The average Bonchev–Trinajstić information content (AvgIpc) is 2.76. The van der Waals surface area contributed by atoms with Crippen molar-refractivity contribution in [3.05, 3.63) is 45.9 Å². The number of carboxylic acid groups (broad SMARTS) is 1. The molecule has 1 N–H and O–H groups in total. The number of hydrogen-bond acceptors (Lipinski definition) is 2. The van der Waals surface area contributed by atoms with E-state index in [-0.39, 0.29) is 0 Å². The molecule has 0 saturated carbocycles. The molecule has 0 aromatic carbocycles. The molecule has 0 atom stereocenters. The molecule has 78 valence electrons. The largest absolute Gasteiger partial charge is 0.477 e. The number of nitrogens with zero attached hydrogens (tertiary/aromatic N) is 1. The van der Waals surface area contributed by atoms with Crippen LogP contribution in [0.15, 0.2) is 29.1 Å². The molecule has 0 saturated heterocycles. The summed E-state index contributed by atoms with van der Waals surface area (Å²) in [7, 11) is 0. The Labute approximate surface area is 91.6 Å². The molecule has 0 aliphatic heterocycles. The zero-order valence-corrected chi connectivity index (χ0v) is 9.12. The van der Waals surface area contributed by atoms with Gasteiger partial charge >= 0.3 is 5.97 Å². The van der Waals surface area contributed by atoms with Crippen LogP contribution in [0.5, 0.6) is 0 Å². The van der Waals surface area contributed by atoms with E-state index in [2.05, 4.69) is 0 Å². The molecule has 2 rings (SSSR count). The van der Waals surface area contributed by atoms with E-state index >= 15 is 0 Å². The zero-order valence-electron chi connectivity index (χ0n) is 8.30. The maximum absolute atomic E-state index is 11.0. The van der Waals surface area contributed by atoms with Crippen LogP contribution in [0.2, 0.25) is 0 Å². The molecule has 0 amide bonds. The van der Waals surface area contributed by atoms with Crippen LogP contribution in [0.1, 0.15) is 21.6 Å². The maximum Gasteiger partial charge on any atom is 0.352 e. The number of aromatic carboxylic acids is 1. The number of carboxylic acids is 1. The van der Waals surface area contributed by atoms with Gasteiger partial charge in [0, 0.05) is 12.7 Å². The molecule has 15 heavy (non-hydrogen) atoms. The van der Waals surface area contributed by atoms with Crippen LogP contribution in [-0.4, -0.2) is 15.6 Å². The topological polar surface area (TPSA) is 42.2 Å². The minimum atomic E-state index is -0.868. The minimum absolute atomic E-state index is 0.376. The van der Waals surface area contributed by atoms with Crippen molar-refractivity contribution in [1.29, 1.82) is 0 Å². The van der Waals surface area contributed by atoms with E-state index in [1.54, 1.807) is 15.9 Å². The summed E-state index contributed by atoms with van der Waals surface area (Å²) in [5.74, 6) is -0.868. The van der Waals surface area contributed by atoms with Gasteiger partial charge in [-0.2, -0.15) is 11.3 Å². The molecule has 2 aromatic rings. The summed E-state index contributed by atoms with van der Waals surface area (Å²) >= 11 is 1.62. The average molecular weight is 221 g/mol. The first-order chi connectivity index (χ1) is 7.18. The third-order valence-corrected chi connectivity index (χ3v) is 3.03. The first-order valence-corrected chi connectivity index (χ1v) is 5.53. The third kappa shape index (κ3) is 1.94. The summed E-state index contributed by atoms with van der Waals surface area (Å²) < 4.78 is 1.76. The summed E-state index contributed by atoms with van der Waals surface area (Å²) in [5.41, 5.74) is 2.32. The molecule has 0 spiro atoms. The smallest absolute Gasteiger partial charge is 0.352 e. The van der Waals surface area contributed by atoms with Gasteiger partial charge in [0.1, 0.15) is 5.69 Å². The van der Waals surface area contributed by atoms with Crippen molar-refractivity contribution in [3.63, 3.8) is 0 Å². The molecule has 0 bridgehead atoms. The maximum atomic E-state index is 11.0. The highest BCUT2D eigenvalue weighted by Gasteiger charge is 2.13. The van der Waals surface area contributed by atoms with Gasteiger partial charge in [0.05, 0.1) is 0 Å². The number of thiophene rings is 1. The van der Waals surface area contributed by atoms with E-state index < -0.39 is 5.97 Å². The molecule has 0 aliphatic rings. The highest BCUT2D eigenvalue weighted by molar-refractivity contribution is 7.07. The van der Waals surface area contributed by atoms with E-state index in [1.165, 1.54) is 0 Å². The summed E-state index contributed by atoms with van der Waals surface area (Å²) in [6, 6.07) is 3.83. The Balaban J connectivity index is 2.33. The third-order valence-electron chi connectivity index (χ3n) is 2.30. The first-order valence-electron chi connectivity index (χ1n) is 4.58. The number of aryl methyl sites for hydroxylation is 1. The predicted octanol–water partition coefficient (Wildman–Crippen LogP) is 2.60. The molecule has 3 nitrogen and oxygen atoms in total. The van der Waals surface area contributed by atoms with Gasteiger partial charge in [-0.3, -0.25) is 0 Å². The van der Waals surface area contributed by atoms with Gasteiger partial charge in [-0.05, 0) is 40.9 Å². The standard InChI is InChI=1S/C11H11NO2S/c1-8-2-4-12(10(8)11(13)14)6-9-3-5-15-7-9/h2-5,7H,6H2,1H3,(H,13,14). The van der Waals surface area contributed by atoms with Crippen LogP contribution in [-0.2, 0) is 6.54 Å². The lowest BCUT2D eigenvalue weighted by atomic mass is 10.2. The number of rotatable bonds is 3. The van der Waals surface area contributed by atoms with Gasteiger partial charge < -0.3 is 9.67 Å². The zero-order chi connectivity index (χ0) is 10.8. The Morgan fingerprint density at radius 3 is 2.93 bits per heavy atom. The molecule has 0 aliphatic carbocycles. The Hall–Kier alpha value is -1.55. The van der Waals surface area contributed by atoms with Gasteiger partial charge in [-0.1, -0.05) is 0 Å². The fourth-order valence-electron chi connectivity index (χ4n) is 1.58. The highest BCUT2D eigenvalue weighted by atomic mass is 32.1. The fraction of sp³-hybridized carbons (Fsp3) is 0.182. The van der Waals surface area contributed by atoms with E-state index in [0.717, 1.165) is 11.1 Å². The molecule has 0 unspecified atom stereocenters. The summed E-state index contributed by atoms with van der Waals surface area (Å²) in [5, 5.41) is 13.1. The molecular formula is C11H11NO2S. The van der Waals surface area contributed by atoms with Crippen molar-refractivity contribution >= 4 is 17.3 Å². The second kappa shape index (κ2) is 3.90. The van der Waals surface area contributed by atoms with Crippen molar-refractivity contribution in [2.75, 3.05) is 0 Å². The van der Waals surface area contributed by atoms with Gasteiger partial charge in [0.15, 0.2) is 0 Å². The molecule has 0 radical (unpaired) electrons. The van der Waals surface area contributed by atoms with Gasteiger partial charge in [0.2, 0.25) is 0 Å². The summed E-state index contributed by atoms with van der Waals surface area (Å²) in [4.78, 5) is 11.0. The van der Waals surface area contributed by atoms with Crippen LogP contribution in [0.25, 0.3) is 0 Å². The number of hydrogen-bond donors (Lipinski definition) is 1. The minimum Gasteiger partial charge on any atom is -0.477 e. The lowest BCUT2D eigenvalue weighted by molar-refractivity contribution is 0.0685. The normalized spacial score (nSPS) is 10.5. The van der Waals surface area contributed by atoms with E-state index in [1.807, 2.05) is 36.0 Å². The van der Waals surface area contributed by atoms with Crippen LogP contribution in [0, 0.1) is 6.92 Å². The van der Waals surface area contributed by atoms with E-state index in [9.17, 15) is 4.79 Å². The Bertz CT molecular complexity index is 471. The summed E-state index contributed by atoms with van der Waals surface area (Å²) in [6.07, 6.45) is 1.82. The Kier molecular flexibility index (Phi) is 2.60. The molecular weight excluding hydrogens is 210 g/mol. The van der Waals surface area contributed by atoms with Crippen LogP contribution < -0.4 is 0 Å². The van der Waals surface area contributed by atoms with Gasteiger partial charge in [0.25, 0.3) is 0 Å². The van der Waals surface area contributed by atoms with Crippen molar-refractivity contribution in [2.45, 2.75) is 13.5 Å². The second-order valence-electron chi connectivity index (χ2n) is 3.41. The fourth-order valence-corrected chi connectivity index (χ4v) is 2.24. The SMILES string of the molecule is Cc1ccn(Cc2ccsc2)c1C(=O)O. The van der Waals surface area contributed by atoms with Gasteiger partial charge in [-0.25, -0.2) is 4.79 Å². The lowest BCUT2D eigenvalue weighted by Crippen LogP contribution is -2.09. The van der Waals surface area contributed by atoms with Crippen molar-refractivity contribution in [2.24, 2.45) is 0 Å². The monoisotopic (exact) mass is 221 g/mol. The van der Waals surface area contributed by atoms with Crippen LogP contribution in [0.4, 0.5) is 0 Å². The van der Waals surface area contributed by atoms with Crippen LogP contribution in [0.3, 0.4) is 0 Å². The molecule has 2 heterocycles. The second-order valence-corrected chi connectivity index (χ2v) is 4.19. The first kappa shape index (κ1) is 9.98. The summed E-state index contributed by atoms with van der Waals surface area (Å²) in [6.45, 7) is 2.44. The van der Waals surface area contributed by atoms with Crippen LogP contribution >= 0.6 is 11.3 Å². The predicted molar refractivity (Wildman–Crippen MR) is 59.5 cm³/mol. The number of carbonyl (C=O) groups is 1. The quantitative estimate of drug-likeness (QED) is 0.865. The molecule has 4 heteroatoms. The molecule has 0 fully saturated rings. The van der Waals surface area contributed by atoms with Crippen molar-refractivity contribution in [1.82, 2.24) is 4.57 Å². The van der Waals surface area contributed by atoms with Gasteiger partial charge in [-0.15, -0.1) is 0 Å². The van der Waals surface area contributed by atoms with E-state index in [0.29, 0.717) is 12.2 Å². The van der Waals surface area contributed by atoms with Crippen molar-refractivity contribution in [3.8, 4) is 0 Å². The Morgan fingerprint density at radius 2 is 2.33 bits per heavy atom. The van der Waals surface area contributed by atoms with Crippen molar-refractivity contribution < 1.29 is 9.90 Å². The highest BCUT2D eigenvalue weighted by Crippen LogP contribution is 2.14. The van der Waals surface area contributed by atoms with E-state index in [4.69, 9.17) is 5.11 Å². The Morgan fingerprint density at radius 1 is 1.53 bits per heavy atom. The number of aromatic nitrogens is 1. The molecule has 2 aromatic heterocycles.